The Labute approximate surface area is 158 Å². The van der Waals surface area contributed by atoms with E-state index in [1.165, 1.54) is 16.4 Å². The van der Waals surface area contributed by atoms with Crippen LogP contribution in [0.1, 0.15) is 18.5 Å². The van der Waals surface area contributed by atoms with Crippen LogP contribution in [0.3, 0.4) is 0 Å². The van der Waals surface area contributed by atoms with Crippen LogP contribution in [0.4, 0.5) is 10.1 Å². The lowest BCUT2D eigenvalue weighted by molar-refractivity contribution is 0.415. The fourth-order valence-corrected chi connectivity index (χ4v) is 4.55. The molecular weight excluding hydrogens is 365 g/mol. The molecule has 0 radical (unpaired) electrons. The molecular formula is C21H20FNO3S. The zero-order valence-electron chi connectivity index (χ0n) is 15.0. The number of halogens is 1. The monoisotopic (exact) mass is 385 g/mol. The third-order valence-electron chi connectivity index (χ3n) is 4.33. The Bertz CT molecular complexity index is 988. The SMILES string of the molecule is COc1ccc(N([C@H](C)c2ccc(F)cc2)S(=O)(=O)c2ccccc2)cc1. The van der Waals surface area contributed by atoms with Crippen molar-refractivity contribution in [2.75, 3.05) is 11.4 Å². The average molecular weight is 385 g/mol. The second-order valence-electron chi connectivity index (χ2n) is 6.04. The van der Waals surface area contributed by atoms with Gasteiger partial charge in [0.25, 0.3) is 10.0 Å². The standard InChI is InChI=1S/C21H20FNO3S/c1-16(17-8-10-18(22)11-9-17)23(19-12-14-20(26-2)15-13-19)27(24,25)21-6-4-3-5-7-21/h3-16H,1-2H3/t16-/m1/s1. The number of anilines is 1. The number of methoxy groups -OCH3 is 1. The van der Waals surface area contributed by atoms with Crippen LogP contribution in [0.2, 0.25) is 0 Å². The van der Waals surface area contributed by atoms with Crippen molar-refractivity contribution in [3.05, 3.63) is 90.2 Å². The molecule has 0 fully saturated rings. The molecule has 0 N–H and O–H groups in total. The van der Waals surface area contributed by atoms with E-state index >= 15 is 0 Å². The van der Waals surface area contributed by atoms with Crippen LogP contribution in [0.15, 0.2) is 83.8 Å². The zero-order valence-corrected chi connectivity index (χ0v) is 15.9. The van der Waals surface area contributed by atoms with E-state index in [4.69, 9.17) is 4.74 Å². The molecule has 3 aromatic rings. The molecule has 0 aliphatic carbocycles. The van der Waals surface area contributed by atoms with Gasteiger partial charge in [0.1, 0.15) is 11.6 Å². The van der Waals surface area contributed by atoms with E-state index in [1.54, 1.807) is 80.8 Å². The quantitative estimate of drug-likeness (QED) is 0.613. The van der Waals surface area contributed by atoms with Crippen molar-refractivity contribution in [3.8, 4) is 5.75 Å². The molecule has 0 saturated heterocycles. The van der Waals surface area contributed by atoms with Crippen LogP contribution in [0.25, 0.3) is 0 Å². The maximum atomic E-state index is 13.4. The van der Waals surface area contributed by atoms with Gasteiger partial charge in [0.05, 0.1) is 23.7 Å². The predicted octanol–water partition coefficient (Wildman–Crippen LogP) is 4.79. The highest BCUT2D eigenvalue weighted by Gasteiger charge is 2.30. The number of hydrogen-bond donors (Lipinski definition) is 0. The van der Waals surface area contributed by atoms with Crippen LogP contribution in [-0.4, -0.2) is 15.5 Å². The number of rotatable bonds is 6. The first-order chi connectivity index (χ1) is 12.9. The third-order valence-corrected chi connectivity index (χ3v) is 6.24. The second-order valence-corrected chi connectivity index (χ2v) is 7.85. The van der Waals surface area contributed by atoms with E-state index in [-0.39, 0.29) is 10.7 Å². The summed E-state index contributed by atoms with van der Waals surface area (Å²) >= 11 is 0. The summed E-state index contributed by atoms with van der Waals surface area (Å²) in [6.45, 7) is 1.78. The highest BCUT2D eigenvalue weighted by atomic mass is 32.2. The van der Waals surface area contributed by atoms with Crippen molar-refractivity contribution in [1.29, 1.82) is 0 Å². The van der Waals surface area contributed by atoms with Crippen molar-refractivity contribution in [2.24, 2.45) is 0 Å². The van der Waals surface area contributed by atoms with E-state index in [1.807, 2.05) is 0 Å². The van der Waals surface area contributed by atoms with Gasteiger partial charge in [-0.3, -0.25) is 4.31 Å². The summed E-state index contributed by atoms with van der Waals surface area (Å²) in [6.07, 6.45) is 0. The van der Waals surface area contributed by atoms with Gasteiger partial charge in [0.15, 0.2) is 0 Å². The summed E-state index contributed by atoms with van der Waals surface area (Å²) in [5, 5.41) is 0. The van der Waals surface area contributed by atoms with Crippen LogP contribution in [-0.2, 0) is 10.0 Å². The molecule has 6 heteroatoms. The van der Waals surface area contributed by atoms with Crippen LogP contribution in [0, 0.1) is 5.82 Å². The smallest absolute Gasteiger partial charge is 0.264 e. The Hall–Kier alpha value is -2.86. The Morgan fingerprint density at radius 2 is 1.48 bits per heavy atom. The number of nitrogens with zero attached hydrogens (tertiary/aromatic N) is 1. The maximum absolute atomic E-state index is 13.4. The van der Waals surface area contributed by atoms with Gasteiger partial charge >= 0.3 is 0 Å². The fraction of sp³-hybridized carbons (Fsp3) is 0.143. The highest BCUT2D eigenvalue weighted by molar-refractivity contribution is 7.92. The lowest BCUT2D eigenvalue weighted by atomic mass is 10.1. The Balaban J connectivity index is 2.12. The van der Waals surface area contributed by atoms with Crippen LogP contribution in [0.5, 0.6) is 5.75 Å². The van der Waals surface area contributed by atoms with Gasteiger partial charge in [0.2, 0.25) is 0 Å². The molecule has 3 rings (SSSR count). The van der Waals surface area contributed by atoms with Gasteiger partial charge < -0.3 is 4.74 Å². The largest absolute Gasteiger partial charge is 0.497 e. The fourth-order valence-electron chi connectivity index (χ4n) is 2.88. The molecule has 0 aliphatic heterocycles. The van der Waals surface area contributed by atoms with Gasteiger partial charge in [-0.05, 0) is 61.0 Å². The van der Waals surface area contributed by atoms with Crippen LogP contribution < -0.4 is 9.04 Å². The molecule has 0 spiro atoms. The molecule has 0 saturated carbocycles. The molecule has 0 amide bonds. The van der Waals surface area contributed by atoms with Gasteiger partial charge in [-0.1, -0.05) is 30.3 Å². The number of sulfonamides is 1. The second kappa shape index (κ2) is 7.80. The lowest BCUT2D eigenvalue weighted by Crippen LogP contribution is -2.33. The first-order valence-electron chi connectivity index (χ1n) is 8.42. The van der Waals surface area contributed by atoms with Gasteiger partial charge in [-0.2, -0.15) is 0 Å². The van der Waals surface area contributed by atoms with Crippen molar-refractivity contribution in [1.82, 2.24) is 0 Å². The summed E-state index contributed by atoms with van der Waals surface area (Å²) in [6, 6.07) is 20.4. The minimum atomic E-state index is -3.83. The molecule has 140 valence electrons. The summed E-state index contributed by atoms with van der Waals surface area (Å²) < 4.78 is 46.6. The van der Waals surface area contributed by atoms with Gasteiger partial charge in [-0.15, -0.1) is 0 Å². The van der Waals surface area contributed by atoms with E-state index in [0.717, 1.165) is 0 Å². The maximum Gasteiger partial charge on any atom is 0.264 e. The molecule has 0 heterocycles. The Morgan fingerprint density at radius 1 is 0.889 bits per heavy atom. The topological polar surface area (TPSA) is 46.6 Å². The number of ether oxygens (including phenoxy) is 1. The highest BCUT2D eigenvalue weighted by Crippen LogP contribution is 2.34. The van der Waals surface area contributed by atoms with Gasteiger partial charge in [0, 0.05) is 0 Å². The first-order valence-corrected chi connectivity index (χ1v) is 9.86. The minimum absolute atomic E-state index is 0.190. The lowest BCUT2D eigenvalue weighted by Gasteiger charge is -2.31. The first kappa shape index (κ1) is 18.9. The summed E-state index contributed by atoms with van der Waals surface area (Å²) in [5.41, 5.74) is 1.18. The van der Waals surface area contributed by atoms with Crippen molar-refractivity contribution in [2.45, 2.75) is 17.9 Å². The molecule has 27 heavy (non-hydrogen) atoms. The normalized spacial score (nSPS) is 12.4. The van der Waals surface area contributed by atoms with E-state index in [2.05, 4.69) is 0 Å². The summed E-state index contributed by atoms with van der Waals surface area (Å²) in [4.78, 5) is 0.190. The average Bonchev–Trinajstić information content (AvgIpc) is 2.69. The Morgan fingerprint density at radius 3 is 2.04 bits per heavy atom. The summed E-state index contributed by atoms with van der Waals surface area (Å²) in [7, 11) is -2.28. The molecule has 0 aromatic heterocycles. The number of benzene rings is 3. The zero-order chi connectivity index (χ0) is 19.4. The molecule has 3 aromatic carbocycles. The van der Waals surface area contributed by atoms with Crippen molar-refractivity contribution in [3.63, 3.8) is 0 Å². The molecule has 0 bridgehead atoms. The minimum Gasteiger partial charge on any atom is -0.497 e. The number of hydrogen-bond acceptors (Lipinski definition) is 3. The van der Waals surface area contributed by atoms with Gasteiger partial charge in [-0.25, -0.2) is 12.8 Å². The molecule has 4 nitrogen and oxygen atoms in total. The van der Waals surface area contributed by atoms with Crippen LogP contribution >= 0.6 is 0 Å². The van der Waals surface area contributed by atoms with E-state index in [0.29, 0.717) is 17.0 Å². The predicted molar refractivity (Wildman–Crippen MR) is 104 cm³/mol. The molecule has 0 aliphatic rings. The third kappa shape index (κ3) is 3.95. The molecule has 1 atom stereocenters. The van der Waals surface area contributed by atoms with Crippen molar-refractivity contribution >= 4 is 15.7 Å². The summed E-state index contributed by atoms with van der Waals surface area (Å²) in [5.74, 6) is 0.262. The molecule has 0 unspecified atom stereocenters. The van der Waals surface area contributed by atoms with E-state index < -0.39 is 16.1 Å². The van der Waals surface area contributed by atoms with Crippen molar-refractivity contribution < 1.29 is 17.5 Å². The Kier molecular flexibility index (Phi) is 5.46. The van der Waals surface area contributed by atoms with E-state index in [9.17, 15) is 12.8 Å².